The van der Waals surface area contributed by atoms with Crippen LogP contribution in [-0.2, 0) is 0 Å². The van der Waals surface area contributed by atoms with Crippen LogP contribution in [0.1, 0.15) is 0 Å². The lowest BCUT2D eigenvalue weighted by Gasteiger charge is -2.15. The first-order chi connectivity index (χ1) is 7.57. The van der Waals surface area contributed by atoms with E-state index in [2.05, 4.69) is 54.2 Å². The summed E-state index contributed by atoms with van der Waals surface area (Å²) in [6, 6.07) is 8.74. The van der Waals surface area contributed by atoms with E-state index in [-0.39, 0.29) is 0 Å². The largest absolute Gasteiger partial charge is 0.367 e. The van der Waals surface area contributed by atoms with Crippen LogP contribution in [0, 0.1) is 0 Å². The summed E-state index contributed by atoms with van der Waals surface area (Å²) in [6.45, 7) is 8.67. The molecule has 0 radical (unpaired) electrons. The fourth-order valence-electron chi connectivity index (χ4n) is 2.33. The van der Waals surface area contributed by atoms with Crippen LogP contribution >= 0.6 is 11.3 Å². The summed E-state index contributed by atoms with van der Waals surface area (Å²) in [6.07, 6.45) is 0. The van der Waals surface area contributed by atoms with Gasteiger partial charge in [-0.15, -0.1) is 11.3 Å². The van der Waals surface area contributed by atoms with Crippen LogP contribution in [0.25, 0.3) is 10.1 Å². The van der Waals surface area contributed by atoms with Crippen molar-refractivity contribution >= 4 is 35.2 Å². The van der Waals surface area contributed by atoms with Crippen LogP contribution in [0.5, 0.6) is 0 Å². The first kappa shape index (κ1) is 10.4. The predicted molar refractivity (Wildman–Crippen MR) is 76.3 cm³/mol. The van der Waals surface area contributed by atoms with E-state index in [1.54, 1.807) is 0 Å². The van der Waals surface area contributed by atoms with E-state index >= 15 is 0 Å². The molecule has 0 N–H and O–H groups in total. The summed E-state index contributed by atoms with van der Waals surface area (Å²) in [7, 11) is -0.999. The molecule has 2 aromatic rings. The highest BCUT2D eigenvalue weighted by atomic mass is 32.1. The smallest absolute Gasteiger partial charge is 0.0727 e. The Morgan fingerprint density at radius 1 is 1.25 bits per heavy atom. The predicted octanol–water partition coefficient (Wildman–Crippen LogP) is 3.97. The van der Waals surface area contributed by atoms with Gasteiger partial charge in [-0.2, -0.15) is 0 Å². The van der Waals surface area contributed by atoms with E-state index in [1.807, 2.05) is 11.3 Å². The number of rotatable bonds is 2. The molecule has 84 valence electrons. The number of benzene rings is 1. The van der Waals surface area contributed by atoms with Crippen LogP contribution in [-0.4, -0.2) is 20.3 Å². The van der Waals surface area contributed by atoms with Crippen molar-refractivity contribution in [2.24, 2.45) is 0 Å². The van der Waals surface area contributed by atoms with Crippen LogP contribution in [0.2, 0.25) is 19.6 Å². The normalized spacial score (nSPS) is 20.4. The molecule has 1 saturated heterocycles. The second kappa shape index (κ2) is 3.34. The van der Waals surface area contributed by atoms with Crippen LogP contribution in [0.4, 0.5) is 5.69 Å². The van der Waals surface area contributed by atoms with Crippen molar-refractivity contribution < 1.29 is 0 Å². The van der Waals surface area contributed by atoms with E-state index in [0.717, 1.165) is 5.67 Å². The van der Waals surface area contributed by atoms with E-state index < -0.39 is 8.07 Å². The minimum Gasteiger partial charge on any atom is -0.367 e. The summed E-state index contributed by atoms with van der Waals surface area (Å²) >= 11 is 1.87. The van der Waals surface area contributed by atoms with Gasteiger partial charge >= 0.3 is 0 Å². The topological polar surface area (TPSA) is 3.01 Å². The van der Waals surface area contributed by atoms with Gasteiger partial charge in [-0.1, -0.05) is 37.8 Å². The molecule has 1 nitrogen and oxygen atoms in total. The summed E-state index contributed by atoms with van der Waals surface area (Å²) in [5.41, 5.74) is 2.32. The maximum absolute atomic E-state index is 2.59. The number of hydrogen-bond donors (Lipinski definition) is 0. The van der Waals surface area contributed by atoms with Crippen molar-refractivity contribution in [2.75, 3.05) is 11.4 Å². The molecular formula is C13H17NSSi. The third-order valence-corrected chi connectivity index (χ3v) is 6.83. The molecule has 0 saturated carbocycles. The van der Waals surface area contributed by atoms with Gasteiger partial charge in [-0.25, -0.2) is 0 Å². The minimum absolute atomic E-state index is 0.852. The van der Waals surface area contributed by atoms with Gasteiger partial charge in [0.15, 0.2) is 0 Å². The first-order valence-corrected chi connectivity index (χ1v) is 10.3. The number of anilines is 1. The fraction of sp³-hybridized carbons (Fsp3) is 0.385. The van der Waals surface area contributed by atoms with Crippen molar-refractivity contribution in [1.29, 1.82) is 0 Å². The molecule has 1 fully saturated rings. The lowest BCUT2D eigenvalue weighted by atomic mass is 10.2. The van der Waals surface area contributed by atoms with Crippen LogP contribution in [0.15, 0.2) is 29.6 Å². The zero-order chi connectivity index (χ0) is 11.3. The second-order valence-electron chi connectivity index (χ2n) is 5.65. The summed E-state index contributed by atoms with van der Waals surface area (Å²) in [5, 5.41) is 3.76. The Bertz CT molecular complexity index is 526. The molecule has 1 atom stereocenters. The van der Waals surface area contributed by atoms with E-state index in [9.17, 15) is 0 Å². The molecule has 1 unspecified atom stereocenters. The third-order valence-electron chi connectivity index (χ3n) is 3.38. The molecule has 0 bridgehead atoms. The highest BCUT2D eigenvalue weighted by molar-refractivity contribution is 7.17. The molecule has 3 heteroatoms. The number of nitrogens with zero attached hydrogens (tertiary/aromatic N) is 1. The third kappa shape index (κ3) is 1.58. The molecule has 0 aliphatic carbocycles. The Labute approximate surface area is 102 Å². The standard InChI is InChI=1S/C13H17NSSi/c1-16(2,3)13-8-14(13)11-9-15-12-7-5-4-6-10(11)12/h4-7,9,13H,8H2,1-3H3. The molecule has 1 aliphatic heterocycles. The zero-order valence-electron chi connectivity index (χ0n) is 10.0. The SMILES string of the molecule is C[Si](C)(C)C1CN1c1csc2ccccc12. The lowest BCUT2D eigenvalue weighted by Crippen LogP contribution is -2.31. The molecule has 1 aliphatic rings. The molecule has 2 heterocycles. The van der Waals surface area contributed by atoms with Gasteiger partial charge < -0.3 is 4.90 Å². The Balaban J connectivity index is 1.97. The van der Waals surface area contributed by atoms with Crippen molar-refractivity contribution in [2.45, 2.75) is 25.3 Å². The number of hydrogen-bond acceptors (Lipinski definition) is 2. The monoisotopic (exact) mass is 247 g/mol. The molecule has 1 aromatic carbocycles. The van der Waals surface area contributed by atoms with E-state index in [4.69, 9.17) is 0 Å². The van der Waals surface area contributed by atoms with Crippen molar-refractivity contribution in [3.05, 3.63) is 29.6 Å². The van der Waals surface area contributed by atoms with Crippen LogP contribution in [0.3, 0.4) is 0 Å². The van der Waals surface area contributed by atoms with Crippen molar-refractivity contribution in [3.63, 3.8) is 0 Å². The molecular weight excluding hydrogens is 230 g/mol. The Morgan fingerprint density at radius 2 is 2.00 bits per heavy atom. The van der Waals surface area contributed by atoms with Crippen molar-refractivity contribution in [1.82, 2.24) is 0 Å². The average molecular weight is 247 g/mol. The van der Waals surface area contributed by atoms with Gasteiger partial charge in [-0.05, 0) is 6.07 Å². The highest BCUT2D eigenvalue weighted by Crippen LogP contribution is 2.41. The lowest BCUT2D eigenvalue weighted by molar-refractivity contribution is 1.32. The average Bonchev–Trinajstić information content (AvgIpc) is 2.92. The molecule has 3 rings (SSSR count). The highest BCUT2D eigenvalue weighted by Gasteiger charge is 2.44. The Kier molecular flexibility index (Phi) is 2.16. The minimum atomic E-state index is -0.999. The quantitative estimate of drug-likeness (QED) is 0.573. The molecule has 0 spiro atoms. The number of thiophene rings is 1. The van der Waals surface area contributed by atoms with Crippen LogP contribution < -0.4 is 4.90 Å². The van der Waals surface area contributed by atoms with E-state index in [1.165, 1.54) is 22.3 Å². The maximum atomic E-state index is 2.59. The van der Waals surface area contributed by atoms with Crippen molar-refractivity contribution in [3.8, 4) is 0 Å². The first-order valence-electron chi connectivity index (χ1n) is 5.80. The zero-order valence-corrected chi connectivity index (χ0v) is 11.8. The molecule has 0 amide bonds. The fourth-order valence-corrected chi connectivity index (χ4v) is 5.11. The molecule has 16 heavy (non-hydrogen) atoms. The summed E-state index contributed by atoms with van der Waals surface area (Å²) in [5.74, 6) is 0. The molecule has 1 aromatic heterocycles. The van der Waals surface area contributed by atoms with E-state index in [0.29, 0.717) is 0 Å². The van der Waals surface area contributed by atoms with Gasteiger partial charge in [0.2, 0.25) is 0 Å². The van der Waals surface area contributed by atoms with Gasteiger partial charge in [0.25, 0.3) is 0 Å². The van der Waals surface area contributed by atoms with Gasteiger partial charge in [-0.3, -0.25) is 0 Å². The Morgan fingerprint density at radius 3 is 2.69 bits per heavy atom. The van der Waals surface area contributed by atoms with Gasteiger partial charge in [0, 0.05) is 27.7 Å². The Hall–Kier alpha value is -0.803. The van der Waals surface area contributed by atoms with Gasteiger partial charge in [0.05, 0.1) is 13.8 Å². The maximum Gasteiger partial charge on any atom is 0.0727 e. The van der Waals surface area contributed by atoms with Gasteiger partial charge in [0.1, 0.15) is 0 Å². The summed E-state index contributed by atoms with van der Waals surface area (Å²) in [4.78, 5) is 2.59. The summed E-state index contributed by atoms with van der Waals surface area (Å²) < 4.78 is 1.42. The number of fused-ring (bicyclic) bond motifs is 1. The second-order valence-corrected chi connectivity index (χ2v) is 12.0.